The average Bonchev–Trinajstić information content (AvgIpc) is 2.94. The fourth-order valence-corrected chi connectivity index (χ4v) is 3.13. The van der Waals surface area contributed by atoms with Crippen molar-refractivity contribution in [3.05, 3.63) is 82.8 Å². The summed E-state index contributed by atoms with van der Waals surface area (Å²) in [6.07, 6.45) is 0. The highest BCUT2D eigenvalue weighted by atomic mass is 35.5. The van der Waals surface area contributed by atoms with Crippen molar-refractivity contribution in [2.24, 2.45) is 10.2 Å². The summed E-state index contributed by atoms with van der Waals surface area (Å²) in [4.78, 5) is 0. The van der Waals surface area contributed by atoms with Crippen molar-refractivity contribution >= 4 is 45.5 Å². The summed E-state index contributed by atoms with van der Waals surface area (Å²) in [6.45, 7) is 0. The quantitative estimate of drug-likeness (QED) is 0.379. The van der Waals surface area contributed by atoms with Crippen LogP contribution in [0.15, 0.2) is 83.0 Å². The number of para-hydroxylation sites is 2. The number of hydrogen-bond acceptors (Lipinski definition) is 3. The molecule has 0 saturated heterocycles. The molecule has 4 rings (SSSR count). The molecule has 0 bridgehead atoms. The maximum absolute atomic E-state index is 10.8. The van der Waals surface area contributed by atoms with Crippen molar-refractivity contribution in [3.8, 4) is 11.6 Å². The van der Waals surface area contributed by atoms with E-state index in [0.717, 1.165) is 16.6 Å². The SMILES string of the molecule is Oc1c(N=Nc2cc(Cl)ccc2Cl)c2ccccc2n1-c1ccccc1. The normalized spacial score (nSPS) is 11.5. The molecule has 26 heavy (non-hydrogen) atoms. The summed E-state index contributed by atoms with van der Waals surface area (Å²) in [5.41, 5.74) is 2.49. The van der Waals surface area contributed by atoms with Gasteiger partial charge in [-0.3, -0.25) is 4.57 Å². The van der Waals surface area contributed by atoms with Gasteiger partial charge in [-0.1, -0.05) is 59.6 Å². The zero-order valence-electron chi connectivity index (χ0n) is 13.5. The van der Waals surface area contributed by atoms with E-state index in [1.807, 2.05) is 54.6 Å². The molecule has 4 aromatic rings. The lowest BCUT2D eigenvalue weighted by Crippen LogP contribution is -1.91. The smallest absolute Gasteiger partial charge is 0.225 e. The number of rotatable bonds is 3. The van der Waals surface area contributed by atoms with E-state index < -0.39 is 0 Å². The van der Waals surface area contributed by atoms with Gasteiger partial charge in [0.05, 0.1) is 10.5 Å². The second-order valence-corrected chi connectivity index (χ2v) is 6.50. The molecule has 128 valence electrons. The third-order valence-corrected chi connectivity index (χ3v) is 4.56. The Morgan fingerprint density at radius 3 is 2.35 bits per heavy atom. The minimum absolute atomic E-state index is 0.0132. The number of aromatic hydroxyl groups is 1. The van der Waals surface area contributed by atoms with E-state index in [1.165, 1.54) is 0 Å². The van der Waals surface area contributed by atoms with Crippen LogP contribution in [-0.2, 0) is 0 Å². The zero-order chi connectivity index (χ0) is 18.1. The summed E-state index contributed by atoms with van der Waals surface area (Å²) in [5.74, 6) is 0.0132. The number of hydrogen-bond donors (Lipinski definition) is 1. The van der Waals surface area contributed by atoms with Crippen molar-refractivity contribution in [1.82, 2.24) is 4.57 Å². The first-order valence-corrected chi connectivity index (χ1v) is 8.65. The van der Waals surface area contributed by atoms with E-state index in [2.05, 4.69) is 10.2 Å². The Labute approximate surface area is 159 Å². The topological polar surface area (TPSA) is 49.9 Å². The summed E-state index contributed by atoms with van der Waals surface area (Å²) in [6, 6.07) is 22.2. The van der Waals surface area contributed by atoms with Crippen LogP contribution in [0.3, 0.4) is 0 Å². The van der Waals surface area contributed by atoms with Crippen LogP contribution in [0.1, 0.15) is 0 Å². The van der Waals surface area contributed by atoms with Gasteiger partial charge in [-0.25, -0.2) is 0 Å². The Balaban J connectivity index is 1.90. The molecular weight excluding hydrogens is 369 g/mol. The summed E-state index contributed by atoms with van der Waals surface area (Å²) in [7, 11) is 0. The molecule has 0 aliphatic rings. The van der Waals surface area contributed by atoms with Gasteiger partial charge in [0.2, 0.25) is 5.88 Å². The maximum Gasteiger partial charge on any atom is 0.225 e. The van der Waals surface area contributed by atoms with E-state index in [1.54, 1.807) is 22.8 Å². The highest BCUT2D eigenvalue weighted by Crippen LogP contribution is 2.41. The van der Waals surface area contributed by atoms with Gasteiger partial charge >= 0.3 is 0 Å². The van der Waals surface area contributed by atoms with Gasteiger partial charge in [-0.2, -0.15) is 0 Å². The standard InChI is InChI=1S/C20H13Cl2N3O/c21-13-10-11-16(22)17(12-13)23-24-19-15-8-4-5-9-18(15)25(20(19)26)14-6-2-1-3-7-14/h1-12,26H. The molecule has 0 unspecified atom stereocenters. The van der Waals surface area contributed by atoms with Crippen molar-refractivity contribution in [1.29, 1.82) is 0 Å². The van der Waals surface area contributed by atoms with Crippen LogP contribution in [0.2, 0.25) is 10.0 Å². The van der Waals surface area contributed by atoms with Gasteiger partial charge in [0.15, 0.2) is 5.69 Å². The van der Waals surface area contributed by atoms with Crippen LogP contribution in [-0.4, -0.2) is 9.67 Å². The summed E-state index contributed by atoms with van der Waals surface area (Å²) < 4.78 is 1.74. The van der Waals surface area contributed by atoms with Gasteiger partial charge < -0.3 is 5.11 Å². The van der Waals surface area contributed by atoms with Crippen molar-refractivity contribution in [3.63, 3.8) is 0 Å². The number of halogens is 2. The molecule has 0 aliphatic carbocycles. The monoisotopic (exact) mass is 381 g/mol. The summed E-state index contributed by atoms with van der Waals surface area (Å²) in [5, 5.41) is 21.0. The Hall–Kier alpha value is -2.82. The van der Waals surface area contributed by atoms with Gasteiger partial charge in [0, 0.05) is 16.1 Å². The van der Waals surface area contributed by atoms with Crippen LogP contribution < -0.4 is 0 Å². The fraction of sp³-hybridized carbons (Fsp3) is 0. The first kappa shape index (κ1) is 16.6. The van der Waals surface area contributed by atoms with E-state index in [9.17, 15) is 5.11 Å². The van der Waals surface area contributed by atoms with Crippen LogP contribution in [0.25, 0.3) is 16.6 Å². The Morgan fingerprint density at radius 2 is 1.54 bits per heavy atom. The number of nitrogens with zero attached hydrogens (tertiary/aromatic N) is 3. The molecule has 0 aliphatic heterocycles. The maximum atomic E-state index is 10.8. The van der Waals surface area contributed by atoms with Gasteiger partial charge in [0.25, 0.3) is 0 Å². The molecule has 4 nitrogen and oxygen atoms in total. The average molecular weight is 382 g/mol. The molecule has 0 fully saturated rings. The van der Waals surface area contributed by atoms with Crippen LogP contribution in [0.5, 0.6) is 5.88 Å². The van der Waals surface area contributed by atoms with Crippen molar-refractivity contribution in [2.75, 3.05) is 0 Å². The molecular formula is C20H13Cl2N3O. The highest BCUT2D eigenvalue weighted by molar-refractivity contribution is 6.35. The van der Waals surface area contributed by atoms with E-state index in [0.29, 0.717) is 21.4 Å². The predicted octanol–water partition coefficient (Wildman–Crippen LogP) is 7.06. The number of azo groups is 1. The van der Waals surface area contributed by atoms with E-state index >= 15 is 0 Å². The molecule has 0 amide bonds. The van der Waals surface area contributed by atoms with Crippen LogP contribution in [0, 0.1) is 0 Å². The van der Waals surface area contributed by atoms with E-state index in [4.69, 9.17) is 23.2 Å². The fourth-order valence-electron chi connectivity index (χ4n) is 2.81. The van der Waals surface area contributed by atoms with E-state index in [-0.39, 0.29) is 5.88 Å². The third kappa shape index (κ3) is 2.94. The van der Waals surface area contributed by atoms with Crippen LogP contribution in [0.4, 0.5) is 11.4 Å². The number of fused-ring (bicyclic) bond motifs is 1. The molecule has 1 N–H and O–H groups in total. The Morgan fingerprint density at radius 1 is 0.808 bits per heavy atom. The highest BCUT2D eigenvalue weighted by Gasteiger charge is 2.17. The molecule has 0 saturated carbocycles. The minimum Gasteiger partial charge on any atom is -0.493 e. The van der Waals surface area contributed by atoms with Crippen molar-refractivity contribution < 1.29 is 5.11 Å². The molecule has 0 atom stereocenters. The van der Waals surface area contributed by atoms with Gasteiger partial charge in [-0.05, 0) is 36.4 Å². The summed E-state index contributed by atoms with van der Waals surface area (Å²) >= 11 is 12.1. The molecule has 0 spiro atoms. The number of aromatic nitrogens is 1. The predicted molar refractivity (Wildman–Crippen MR) is 106 cm³/mol. The Kier molecular flexibility index (Phi) is 4.37. The van der Waals surface area contributed by atoms with Gasteiger partial charge in [-0.15, -0.1) is 10.2 Å². The van der Waals surface area contributed by atoms with Crippen LogP contribution >= 0.6 is 23.2 Å². The third-order valence-electron chi connectivity index (χ3n) is 4.00. The molecule has 1 aromatic heterocycles. The Bertz CT molecular complexity index is 1120. The largest absolute Gasteiger partial charge is 0.493 e. The van der Waals surface area contributed by atoms with Gasteiger partial charge in [0.1, 0.15) is 5.69 Å². The molecule has 0 radical (unpaired) electrons. The lowest BCUT2D eigenvalue weighted by molar-refractivity contribution is 0.446. The minimum atomic E-state index is 0.0132. The first-order chi connectivity index (χ1) is 12.6. The molecule has 6 heteroatoms. The molecule has 1 heterocycles. The second-order valence-electron chi connectivity index (χ2n) is 5.66. The lowest BCUT2D eigenvalue weighted by Gasteiger charge is -2.06. The molecule has 3 aromatic carbocycles. The van der Waals surface area contributed by atoms with Crippen molar-refractivity contribution in [2.45, 2.75) is 0 Å². The first-order valence-electron chi connectivity index (χ1n) is 7.90. The number of benzene rings is 3. The lowest BCUT2D eigenvalue weighted by atomic mass is 10.2. The second kappa shape index (κ2) is 6.83. The zero-order valence-corrected chi connectivity index (χ0v) is 15.0.